The Bertz CT molecular complexity index is 1120. The van der Waals surface area contributed by atoms with Gasteiger partial charge in [0, 0.05) is 49.6 Å². The molecule has 7 nitrogen and oxygen atoms in total. The zero-order valence-corrected chi connectivity index (χ0v) is 18.1. The lowest BCUT2D eigenvalue weighted by molar-refractivity contribution is 0.172. The first-order chi connectivity index (χ1) is 14.7. The highest BCUT2D eigenvalue weighted by molar-refractivity contribution is 5.87. The molecular formula is C23H27FN4O3. The number of fused-ring (bicyclic) bond motifs is 1. The predicted octanol–water partition coefficient (Wildman–Crippen LogP) is 3.16. The van der Waals surface area contributed by atoms with Crippen LogP contribution in [0.25, 0.3) is 10.9 Å². The number of aliphatic hydroxyl groups is 1. The van der Waals surface area contributed by atoms with E-state index in [0.29, 0.717) is 23.4 Å². The molecule has 0 aliphatic heterocycles. The van der Waals surface area contributed by atoms with Crippen molar-refractivity contribution in [3.8, 4) is 5.75 Å². The normalized spacial score (nSPS) is 11.2. The number of carbonyl (C=O) groups is 1. The molecule has 8 heteroatoms. The van der Waals surface area contributed by atoms with Crippen LogP contribution >= 0.6 is 0 Å². The molecule has 0 fully saturated rings. The van der Waals surface area contributed by atoms with Gasteiger partial charge in [0.05, 0.1) is 12.1 Å². The molecule has 0 unspecified atom stereocenters. The van der Waals surface area contributed by atoms with E-state index in [1.807, 2.05) is 25.1 Å². The second kappa shape index (κ2) is 9.28. The smallest absolute Gasteiger partial charge is 0.410 e. The maximum absolute atomic E-state index is 14.8. The van der Waals surface area contributed by atoms with Gasteiger partial charge in [-0.2, -0.15) is 0 Å². The number of nitrogen functional groups attached to an aromatic ring is 1. The fourth-order valence-corrected chi connectivity index (χ4v) is 3.41. The maximum atomic E-state index is 14.8. The van der Waals surface area contributed by atoms with Crippen molar-refractivity contribution in [3.05, 3.63) is 64.5 Å². The van der Waals surface area contributed by atoms with Crippen LogP contribution < -0.4 is 10.5 Å². The minimum atomic E-state index is -0.489. The van der Waals surface area contributed by atoms with Crippen molar-refractivity contribution in [2.24, 2.45) is 0 Å². The number of benzene rings is 2. The average molecular weight is 426 g/mol. The van der Waals surface area contributed by atoms with Gasteiger partial charge >= 0.3 is 6.09 Å². The van der Waals surface area contributed by atoms with E-state index in [1.165, 1.54) is 4.90 Å². The summed E-state index contributed by atoms with van der Waals surface area (Å²) in [6.07, 6.45) is -0.244. The third-order valence-corrected chi connectivity index (χ3v) is 4.95. The van der Waals surface area contributed by atoms with Gasteiger partial charge in [0.2, 0.25) is 0 Å². The summed E-state index contributed by atoms with van der Waals surface area (Å²) in [7, 11) is 7.08. The van der Waals surface area contributed by atoms with E-state index in [2.05, 4.69) is 4.98 Å². The van der Waals surface area contributed by atoms with Gasteiger partial charge in [-0.15, -0.1) is 0 Å². The zero-order chi connectivity index (χ0) is 22.7. The number of pyridine rings is 1. The molecule has 2 aromatic carbocycles. The summed E-state index contributed by atoms with van der Waals surface area (Å²) >= 11 is 0. The Hall–Kier alpha value is -3.23. The number of carbonyl (C=O) groups excluding carboxylic acids is 1. The highest BCUT2D eigenvalue weighted by Gasteiger charge is 2.18. The predicted molar refractivity (Wildman–Crippen MR) is 118 cm³/mol. The van der Waals surface area contributed by atoms with Crippen LogP contribution in [0.15, 0.2) is 36.4 Å². The van der Waals surface area contributed by atoms with Crippen molar-refractivity contribution in [1.29, 1.82) is 0 Å². The summed E-state index contributed by atoms with van der Waals surface area (Å²) in [4.78, 5) is 19.7. The molecule has 1 amide bonds. The van der Waals surface area contributed by atoms with E-state index < -0.39 is 11.9 Å². The molecule has 0 aliphatic rings. The van der Waals surface area contributed by atoms with Crippen molar-refractivity contribution in [3.63, 3.8) is 0 Å². The van der Waals surface area contributed by atoms with Gasteiger partial charge in [0.25, 0.3) is 0 Å². The number of aromatic nitrogens is 1. The second-order valence-corrected chi connectivity index (χ2v) is 7.86. The van der Waals surface area contributed by atoms with Crippen molar-refractivity contribution in [2.45, 2.75) is 19.6 Å². The van der Waals surface area contributed by atoms with Gasteiger partial charge in [-0.1, -0.05) is 18.2 Å². The lowest BCUT2D eigenvalue weighted by Gasteiger charge is -2.19. The first-order valence-corrected chi connectivity index (χ1v) is 9.83. The Kier molecular flexibility index (Phi) is 6.72. The van der Waals surface area contributed by atoms with E-state index in [-0.39, 0.29) is 24.4 Å². The molecule has 1 heterocycles. The molecule has 0 bridgehead atoms. The van der Waals surface area contributed by atoms with Gasteiger partial charge in [0.1, 0.15) is 17.4 Å². The summed E-state index contributed by atoms with van der Waals surface area (Å²) in [5, 5.41) is 10.2. The molecule has 164 valence electrons. The van der Waals surface area contributed by atoms with Crippen molar-refractivity contribution in [1.82, 2.24) is 14.8 Å². The fraction of sp³-hybridized carbons (Fsp3) is 0.304. The standard InChI is InChI=1S/C23H27FN4O3/c1-27(2)12-19-17-9-8-16(31-23(30)28(3)4)11-20(17)26-22(25)18(19)10-14-6-5-7-15(13-29)21(14)24/h5-9,11,29H,10,12-13H2,1-4H3,(H2,25,26). The lowest BCUT2D eigenvalue weighted by Crippen LogP contribution is -2.25. The van der Waals surface area contributed by atoms with E-state index in [9.17, 15) is 14.3 Å². The van der Waals surface area contributed by atoms with Gasteiger partial charge < -0.3 is 25.4 Å². The first-order valence-electron chi connectivity index (χ1n) is 9.83. The molecule has 0 spiro atoms. The molecule has 0 saturated heterocycles. The number of ether oxygens (including phenoxy) is 1. The number of hydrogen-bond acceptors (Lipinski definition) is 6. The highest BCUT2D eigenvalue weighted by Crippen LogP contribution is 2.31. The van der Waals surface area contributed by atoms with E-state index in [0.717, 1.165) is 16.5 Å². The van der Waals surface area contributed by atoms with E-state index in [1.54, 1.807) is 44.4 Å². The SMILES string of the molecule is CN(C)Cc1c(Cc2cccc(CO)c2F)c(N)nc2cc(OC(=O)N(C)C)ccc12. The largest absolute Gasteiger partial charge is 0.414 e. The van der Waals surface area contributed by atoms with Gasteiger partial charge in [-0.3, -0.25) is 0 Å². The molecule has 3 rings (SSSR count). The number of nitrogens with two attached hydrogens (primary N) is 1. The van der Waals surface area contributed by atoms with Crippen LogP contribution in [0, 0.1) is 5.82 Å². The number of anilines is 1. The third kappa shape index (κ3) is 4.92. The summed E-state index contributed by atoms with van der Waals surface area (Å²) in [6.45, 7) is 0.195. The Labute approximate surface area is 180 Å². The number of amides is 1. The molecule has 0 aliphatic carbocycles. The molecule has 0 saturated carbocycles. The number of halogens is 1. The van der Waals surface area contributed by atoms with Crippen LogP contribution in [0.1, 0.15) is 22.3 Å². The number of rotatable bonds is 6. The molecule has 3 N–H and O–H groups in total. The third-order valence-electron chi connectivity index (χ3n) is 4.95. The minimum Gasteiger partial charge on any atom is -0.410 e. The minimum absolute atomic E-state index is 0.242. The molecule has 0 radical (unpaired) electrons. The van der Waals surface area contributed by atoms with E-state index in [4.69, 9.17) is 10.5 Å². The van der Waals surface area contributed by atoms with Gasteiger partial charge in [0.15, 0.2) is 0 Å². The molecule has 3 aromatic rings. The monoisotopic (exact) mass is 426 g/mol. The number of nitrogens with zero attached hydrogens (tertiary/aromatic N) is 3. The Morgan fingerprint density at radius 1 is 1.13 bits per heavy atom. The Balaban J connectivity index is 2.11. The highest BCUT2D eigenvalue weighted by atomic mass is 19.1. The zero-order valence-electron chi connectivity index (χ0n) is 18.1. The Morgan fingerprint density at radius 2 is 1.84 bits per heavy atom. The van der Waals surface area contributed by atoms with Crippen LogP contribution in [-0.4, -0.2) is 54.2 Å². The molecule has 31 heavy (non-hydrogen) atoms. The van der Waals surface area contributed by atoms with Crippen molar-refractivity contribution >= 4 is 22.8 Å². The first kappa shape index (κ1) is 22.5. The van der Waals surface area contributed by atoms with Gasteiger partial charge in [-0.25, -0.2) is 14.2 Å². The molecule has 0 atom stereocenters. The van der Waals surface area contributed by atoms with Crippen molar-refractivity contribution < 1.29 is 19.0 Å². The van der Waals surface area contributed by atoms with Crippen LogP contribution in [0.2, 0.25) is 0 Å². The van der Waals surface area contributed by atoms with Crippen LogP contribution in [-0.2, 0) is 19.6 Å². The van der Waals surface area contributed by atoms with Crippen LogP contribution in [0.4, 0.5) is 15.0 Å². The van der Waals surface area contributed by atoms with Gasteiger partial charge in [-0.05, 0) is 37.4 Å². The lowest BCUT2D eigenvalue weighted by atomic mass is 9.95. The second-order valence-electron chi connectivity index (χ2n) is 7.86. The van der Waals surface area contributed by atoms with Crippen LogP contribution in [0.5, 0.6) is 5.75 Å². The Morgan fingerprint density at radius 3 is 2.48 bits per heavy atom. The summed E-state index contributed by atoms with van der Waals surface area (Å²) in [5.74, 6) is 0.212. The summed E-state index contributed by atoms with van der Waals surface area (Å²) in [5.41, 5.74) is 9.24. The number of aliphatic hydroxyl groups excluding tert-OH is 1. The summed E-state index contributed by atoms with van der Waals surface area (Å²) in [6, 6.07) is 10.2. The van der Waals surface area contributed by atoms with E-state index >= 15 is 0 Å². The quantitative estimate of drug-likeness (QED) is 0.629. The van der Waals surface area contributed by atoms with Crippen molar-refractivity contribution in [2.75, 3.05) is 33.9 Å². The average Bonchev–Trinajstić information content (AvgIpc) is 2.71. The fourth-order valence-electron chi connectivity index (χ4n) is 3.41. The molecular weight excluding hydrogens is 399 g/mol. The van der Waals surface area contributed by atoms with Crippen LogP contribution in [0.3, 0.4) is 0 Å². The maximum Gasteiger partial charge on any atom is 0.414 e. The summed E-state index contributed by atoms with van der Waals surface area (Å²) < 4.78 is 20.1. The topological polar surface area (TPSA) is 91.9 Å². The number of hydrogen-bond donors (Lipinski definition) is 2. The molecule has 1 aromatic heterocycles.